The lowest BCUT2D eigenvalue weighted by atomic mass is 10.0. The number of sulfone groups is 1. The molecule has 104 valence electrons. The lowest BCUT2D eigenvalue weighted by Crippen LogP contribution is -2.51. The molecule has 2 aliphatic rings. The minimum atomic E-state index is -3.07. The average Bonchev–Trinajstić information content (AvgIpc) is 2.39. The van der Waals surface area contributed by atoms with Gasteiger partial charge in [-0.3, -0.25) is 4.90 Å². The fourth-order valence-corrected chi connectivity index (χ4v) is 4.80. The molecule has 2 unspecified atom stereocenters. The molecule has 3 rings (SSSR count). The van der Waals surface area contributed by atoms with E-state index in [1.165, 1.54) is 0 Å². The molecule has 4 nitrogen and oxygen atoms in total. The van der Waals surface area contributed by atoms with Crippen molar-refractivity contribution in [3.05, 3.63) is 29.8 Å². The summed E-state index contributed by atoms with van der Waals surface area (Å²) < 4.78 is 24.3. The Hall–Kier alpha value is -0.910. The highest BCUT2D eigenvalue weighted by Gasteiger charge is 2.34. The average molecular weight is 280 g/mol. The van der Waals surface area contributed by atoms with E-state index in [1.807, 2.05) is 18.2 Å². The summed E-state index contributed by atoms with van der Waals surface area (Å²) >= 11 is 0. The van der Waals surface area contributed by atoms with E-state index in [0.29, 0.717) is 17.4 Å². The molecule has 0 amide bonds. The lowest BCUT2D eigenvalue weighted by Gasteiger charge is -2.40. The van der Waals surface area contributed by atoms with Crippen molar-refractivity contribution in [3.8, 4) is 0 Å². The minimum absolute atomic E-state index is 0.254. The van der Waals surface area contributed by atoms with Crippen molar-refractivity contribution in [3.63, 3.8) is 0 Å². The standard InChI is InChI=1S/C14H20N2O2S/c1-11-10-16(8-7-15-11)13-6-9-19(17,18)14-5-3-2-4-12(13)14/h2-5,11,13,15H,6-10H2,1H3. The highest BCUT2D eigenvalue weighted by atomic mass is 32.2. The summed E-state index contributed by atoms with van der Waals surface area (Å²) in [5.41, 5.74) is 0.989. The van der Waals surface area contributed by atoms with Gasteiger partial charge >= 0.3 is 0 Å². The van der Waals surface area contributed by atoms with Crippen LogP contribution in [0.5, 0.6) is 0 Å². The molecule has 1 N–H and O–H groups in total. The number of nitrogens with zero attached hydrogens (tertiary/aromatic N) is 1. The maximum atomic E-state index is 12.1. The van der Waals surface area contributed by atoms with E-state index in [-0.39, 0.29) is 11.8 Å². The van der Waals surface area contributed by atoms with Crippen molar-refractivity contribution >= 4 is 9.84 Å². The van der Waals surface area contributed by atoms with Crippen LogP contribution in [0.4, 0.5) is 0 Å². The Morgan fingerprint density at radius 1 is 1.32 bits per heavy atom. The molecule has 1 aromatic rings. The van der Waals surface area contributed by atoms with Gasteiger partial charge in [-0.1, -0.05) is 18.2 Å². The quantitative estimate of drug-likeness (QED) is 0.840. The van der Waals surface area contributed by atoms with Crippen LogP contribution in [0.3, 0.4) is 0 Å². The molecule has 0 radical (unpaired) electrons. The van der Waals surface area contributed by atoms with Gasteiger partial charge in [0.05, 0.1) is 10.6 Å². The van der Waals surface area contributed by atoms with Gasteiger partial charge in [-0.2, -0.15) is 0 Å². The van der Waals surface area contributed by atoms with Crippen LogP contribution in [-0.4, -0.2) is 44.7 Å². The van der Waals surface area contributed by atoms with Gasteiger partial charge in [0.15, 0.2) is 9.84 Å². The molecule has 0 aromatic heterocycles. The summed E-state index contributed by atoms with van der Waals surface area (Å²) in [5, 5.41) is 3.43. The topological polar surface area (TPSA) is 49.4 Å². The first-order valence-corrected chi connectivity index (χ1v) is 8.52. The van der Waals surface area contributed by atoms with E-state index < -0.39 is 9.84 Å². The Labute approximate surface area is 114 Å². The van der Waals surface area contributed by atoms with Gasteiger partial charge in [0.25, 0.3) is 0 Å². The summed E-state index contributed by atoms with van der Waals surface area (Å²) in [4.78, 5) is 2.96. The number of hydrogen-bond acceptors (Lipinski definition) is 4. The molecule has 0 aliphatic carbocycles. The molecule has 1 fully saturated rings. The fourth-order valence-electron chi connectivity index (χ4n) is 3.20. The minimum Gasteiger partial charge on any atom is -0.312 e. The molecule has 0 spiro atoms. The summed E-state index contributed by atoms with van der Waals surface area (Å²) in [6, 6.07) is 8.22. The van der Waals surface area contributed by atoms with Crippen LogP contribution in [0.25, 0.3) is 0 Å². The van der Waals surface area contributed by atoms with E-state index in [2.05, 4.69) is 17.1 Å². The number of benzene rings is 1. The molecule has 0 saturated carbocycles. The first kappa shape index (κ1) is 13.1. The summed E-state index contributed by atoms with van der Waals surface area (Å²) in [5.74, 6) is 0.271. The predicted octanol–water partition coefficient (Wildman–Crippen LogP) is 1.20. The molecular formula is C14H20N2O2S. The summed E-state index contributed by atoms with van der Waals surface area (Å²) in [6.07, 6.45) is 0.714. The van der Waals surface area contributed by atoms with Crippen molar-refractivity contribution < 1.29 is 8.42 Å². The Balaban J connectivity index is 1.96. The Morgan fingerprint density at radius 2 is 2.11 bits per heavy atom. The Bertz CT molecular complexity index is 571. The number of hydrogen-bond donors (Lipinski definition) is 1. The van der Waals surface area contributed by atoms with Gasteiger partial charge in [0.1, 0.15) is 0 Å². The number of rotatable bonds is 1. The second-order valence-electron chi connectivity index (χ2n) is 5.51. The third kappa shape index (κ3) is 2.42. The third-order valence-corrected chi connectivity index (χ3v) is 5.93. The van der Waals surface area contributed by atoms with Gasteiger partial charge in [-0.15, -0.1) is 0 Å². The molecule has 19 heavy (non-hydrogen) atoms. The van der Waals surface area contributed by atoms with Crippen molar-refractivity contribution in [2.24, 2.45) is 0 Å². The van der Waals surface area contributed by atoms with Gasteiger partial charge < -0.3 is 5.32 Å². The number of fused-ring (bicyclic) bond motifs is 1. The Morgan fingerprint density at radius 3 is 2.89 bits per heavy atom. The van der Waals surface area contributed by atoms with Crippen molar-refractivity contribution in [2.45, 2.75) is 30.3 Å². The molecule has 1 aromatic carbocycles. The summed E-state index contributed by atoms with van der Waals surface area (Å²) in [6.45, 7) is 5.13. The van der Waals surface area contributed by atoms with Crippen LogP contribution >= 0.6 is 0 Å². The van der Waals surface area contributed by atoms with Crippen molar-refractivity contribution in [2.75, 3.05) is 25.4 Å². The highest BCUT2D eigenvalue weighted by molar-refractivity contribution is 7.91. The Kier molecular flexibility index (Phi) is 3.37. The van der Waals surface area contributed by atoms with Gasteiger partial charge in [0.2, 0.25) is 0 Å². The fraction of sp³-hybridized carbons (Fsp3) is 0.571. The number of piperazine rings is 1. The largest absolute Gasteiger partial charge is 0.312 e. The van der Waals surface area contributed by atoms with Crippen LogP contribution in [0.1, 0.15) is 24.9 Å². The SMILES string of the molecule is CC1CN(C2CCS(=O)(=O)c3ccccc32)CCN1. The van der Waals surface area contributed by atoms with Crippen LogP contribution in [0.2, 0.25) is 0 Å². The van der Waals surface area contributed by atoms with Crippen molar-refractivity contribution in [1.82, 2.24) is 10.2 Å². The van der Waals surface area contributed by atoms with E-state index in [9.17, 15) is 8.42 Å². The third-order valence-electron chi connectivity index (χ3n) is 4.11. The molecular weight excluding hydrogens is 260 g/mol. The maximum Gasteiger partial charge on any atom is 0.178 e. The highest BCUT2D eigenvalue weighted by Crippen LogP contribution is 2.36. The van der Waals surface area contributed by atoms with Crippen LogP contribution < -0.4 is 5.32 Å². The summed E-state index contributed by atoms with van der Waals surface area (Å²) in [7, 11) is -3.07. The van der Waals surface area contributed by atoms with Gasteiger partial charge in [0, 0.05) is 31.7 Å². The van der Waals surface area contributed by atoms with Gasteiger partial charge in [-0.25, -0.2) is 8.42 Å². The van der Waals surface area contributed by atoms with Crippen LogP contribution in [-0.2, 0) is 9.84 Å². The first-order valence-electron chi connectivity index (χ1n) is 6.87. The zero-order chi connectivity index (χ0) is 13.5. The predicted molar refractivity (Wildman–Crippen MR) is 74.9 cm³/mol. The normalized spacial score (nSPS) is 30.8. The van der Waals surface area contributed by atoms with E-state index in [4.69, 9.17) is 0 Å². The molecule has 2 atom stereocenters. The molecule has 5 heteroatoms. The first-order chi connectivity index (χ1) is 9.08. The van der Waals surface area contributed by atoms with E-state index >= 15 is 0 Å². The molecule has 2 aliphatic heterocycles. The van der Waals surface area contributed by atoms with Crippen molar-refractivity contribution in [1.29, 1.82) is 0 Å². The second-order valence-corrected chi connectivity index (χ2v) is 7.59. The van der Waals surface area contributed by atoms with E-state index in [1.54, 1.807) is 6.07 Å². The second kappa shape index (κ2) is 4.89. The van der Waals surface area contributed by atoms with Crippen LogP contribution in [0, 0.1) is 0 Å². The smallest absolute Gasteiger partial charge is 0.178 e. The zero-order valence-corrected chi connectivity index (χ0v) is 12.0. The van der Waals surface area contributed by atoms with Gasteiger partial charge in [-0.05, 0) is 25.0 Å². The van der Waals surface area contributed by atoms with E-state index in [0.717, 1.165) is 25.2 Å². The molecule has 0 bridgehead atoms. The maximum absolute atomic E-state index is 12.1. The molecule has 2 heterocycles. The lowest BCUT2D eigenvalue weighted by molar-refractivity contribution is 0.142. The number of nitrogens with one attached hydrogen (secondary N) is 1. The molecule has 1 saturated heterocycles. The zero-order valence-electron chi connectivity index (χ0n) is 11.2. The monoisotopic (exact) mass is 280 g/mol. The van der Waals surface area contributed by atoms with Crippen LogP contribution in [0.15, 0.2) is 29.2 Å².